The molecule has 2 heterocycles. The Kier molecular flexibility index (Phi) is 4.29. The molecule has 2 fully saturated rings. The van der Waals surface area contributed by atoms with E-state index in [4.69, 9.17) is 9.47 Å². The molecule has 1 aliphatic heterocycles. The number of carbonyl (C=O) groups is 1. The van der Waals surface area contributed by atoms with Crippen LogP contribution in [-0.4, -0.2) is 41.9 Å². The van der Waals surface area contributed by atoms with Gasteiger partial charge in [-0.3, -0.25) is 4.79 Å². The summed E-state index contributed by atoms with van der Waals surface area (Å²) >= 11 is 0. The van der Waals surface area contributed by atoms with Crippen LogP contribution in [0.3, 0.4) is 0 Å². The lowest BCUT2D eigenvalue weighted by molar-refractivity contribution is -0.158. The van der Waals surface area contributed by atoms with Crippen molar-refractivity contribution in [2.24, 2.45) is 7.05 Å². The standard InChI is InChI=1S/C19H24N2O3/c1-21-12-13(15-4-2-3-5-16(15)21)10-19(22)20-14-6-7-17-18(11-14)24-9-8-23-17/h2-5,12,14,17-18H,6-11H2,1H3,(H,20,22)/t14-,17+,18-/m1/s1. The number of ether oxygens (including phenoxy) is 2. The number of amides is 1. The van der Waals surface area contributed by atoms with Gasteiger partial charge in [-0.2, -0.15) is 0 Å². The first-order chi connectivity index (χ1) is 11.7. The number of hydrogen-bond donors (Lipinski definition) is 1. The molecule has 1 aromatic carbocycles. The summed E-state index contributed by atoms with van der Waals surface area (Å²) in [6.07, 6.45) is 5.60. The third-order valence-corrected chi connectivity index (χ3v) is 5.17. The summed E-state index contributed by atoms with van der Waals surface area (Å²) in [4.78, 5) is 12.5. The van der Waals surface area contributed by atoms with Gasteiger partial charge in [-0.1, -0.05) is 18.2 Å². The van der Waals surface area contributed by atoms with Gasteiger partial charge < -0.3 is 19.4 Å². The summed E-state index contributed by atoms with van der Waals surface area (Å²) in [5.41, 5.74) is 2.24. The molecule has 5 heteroatoms. The van der Waals surface area contributed by atoms with Gasteiger partial charge in [0.25, 0.3) is 0 Å². The van der Waals surface area contributed by atoms with Gasteiger partial charge in [-0.25, -0.2) is 0 Å². The number of rotatable bonds is 3. The van der Waals surface area contributed by atoms with Crippen LogP contribution in [0.1, 0.15) is 24.8 Å². The van der Waals surface area contributed by atoms with E-state index in [1.54, 1.807) is 0 Å². The average molecular weight is 328 g/mol. The summed E-state index contributed by atoms with van der Waals surface area (Å²) in [5.74, 6) is 0.0894. The van der Waals surface area contributed by atoms with Crippen LogP contribution >= 0.6 is 0 Å². The maximum Gasteiger partial charge on any atom is 0.224 e. The Balaban J connectivity index is 1.39. The van der Waals surface area contributed by atoms with Crippen LogP contribution in [0.25, 0.3) is 10.9 Å². The Morgan fingerprint density at radius 2 is 2.00 bits per heavy atom. The van der Waals surface area contributed by atoms with Gasteiger partial charge in [0.15, 0.2) is 0 Å². The third-order valence-electron chi connectivity index (χ3n) is 5.17. The fourth-order valence-corrected chi connectivity index (χ4v) is 4.02. The Hall–Kier alpha value is -1.85. The number of hydrogen-bond acceptors (Lipinski definition) is 3. The molecule has 1 aromatic heterocycles. The second-order valence-corrected chi connectivity index (χ2v) is 6.86. The second kappa shape index (κ2) is 6.57. The largest absolute Gasteiger partial charge is 0.373 e. The number of para-hydroxylation sites is 1. The van der Waals surface area contributed by atoms with Crippen LogP contribution in [0, 0.1) is 0 Å². The molecule has 0 unspecified atom stereocenters. The van der Waals surface area contributed by atoms with Crippen molar-refractivity contribution in [2.75, 3.05) is 13.2 Å². The van der Waals surface area contributed by atoms with Crippen molar-refractivity contribution in [1.29, 1.82) is 0 Å². The number of benzene rings is 1. The zero-order valence-electron chi connectivity index (χ0n) is 14.0. The van der Waals surface area contributed by atoms with Crippen LogP contribution < -0.4 is 5.32 Å². The number of nitrogens with zero attached hydrogens (tertiary/aromatic N) is 1. The summed E-state index contributed by atoms with van der Waals surface area (Å²) in [6, 6.07) is 8.40. The highest BCUT2D eigenvalue weighted by Gasteiger charge is 2.34. The highest BCUT2D eigenvalue weighted by Crippen LogP contribution is 2.27. The van der Waals surface area contributed by atoms with Gasteiger partial charge >= 0.3 is 0 Å². The third kappa shape index (κ3) is 3.06. The molecule has 1 saturated heterocycles. The van der Waals surface area contributed by atoms with Crippen molar-refractivity contribution < 1.29 is 14.3 Å². The van der Waals surface area contributed by atoms with E-state index in [9.17, 15) is 4.79 Å². The Morgan fingerprint density at radius 1 is 1.21 bits per heavy atom. The highest BCUT2D eigenvalue weighted by atomic mass is 16.6. The van der Waals surface area contributed by atoms with Crippen molar-refractivity contribution in [1.82, 2.24) is 9.88 Å². The van der Waals surface area contributed by atoms with Crippen molar-refractivity contribution in [3.63, 3.8) is 0 Å². The van der Waals surface area contributed by atoms with Crippen LogP contribution in [0.5, 0.6) is 0 Å². The van der Waals surface area contributed by atoms with Crippen LogP contribution in [-0.2, 0) is 27.7 Å². The quantitative estimate of drug-likeness (QED) is 0.939. The van der Waals surface area contributed by atoms with Crippen LogP contribution in [0.2, 0.25) is 0 Å². The molecule has 1 saturated carbocycles. The first kappa shape index (κ1) is 15.7. The van der Waals surface area contributed by atoms with Crippen LogP contribution in [0.15, 0.2) is 30.5 Å². The topological polar surface area (TPSA) is 52.5 Å². The van der Waals surface area contributed by atoms with E-state index in [1.165, 1.54) is 0 Å². The number of aromatic nitrogens is 1. The maximum atomic E-state index is 12.5. The van der Waals surface area contributed by atoms with Gasteiger partial charge in [-0.05, 0) is 30.9 Å². The molecule has 5 nitrogen and oxygen atoms in total. The maximum absolute atomic E-state index is 12.5. The molecule has 0 spiro atoms. The molecule has 2 aromatic rings. The normalized spacial score (nSPS) is 27.0. The highest BCUT2D eigenvalue weighted by molar-refractivity contribution is 5.89. The fraction of sp³-hybridized carbons (Fsp3) is 0.526. The SMILES string of the molecule is Cn1cc(CC(=O)N[C@@H]2CC[C@@H]3OCCO[C@@H]3C2)c2ccccc21. The molecule has 4 rings (SSSR count). The van der Waals surface area contributed by atoms with E-state index in [0.29, 0.717) is 19.6 Å². The van der Waals surface area contributed by atoms with Gasteiger partial charge in [0, 0.05) is 30.2 Å². The molecule has 0 radical (unpaired) electrons. The number of fused-ring (bicyclic) bond motifs is 2. The monoisotopic (exact) mass is 328 g/mol. The molecule has 1 aliphatic carbocycles. The first-order valence-electron chi connectivity index (χ1n) is 8.76. The molecule has 24 heavy (non-hydrogen) atoms. The van der Waals surface area contributed by atoms with E-state index in [1.807, 2.05) is 19.2 Å². The van der Waals surface area contributed by atoms with Crippen LogP contribution in [0.4, 0.5) is 0 Å². The summed E-state index contributed by atoms with van der Waals surface area (Å²) in [6.45, 7) is 1.36. The lowest BCUT2D eigenvalue weighted by Gasteiger charge is -2.39. The molecule has 128 valence electrons. The van der Waals surface area contributed by atoms with E-state index in [-0.39, 0.29) is 24.2 Å². The number of aryl methyl sites for hydroxylation is 1. The number of nitrogens with one attached hydrogen (secondary N) is 1. The molecular weight excluding hydrogens is 304 g/mol. The summed E-state index contributed by atoms with van der Waals surface area (Å²) in [5, 5.41) is 4.35. The lowest BCUT2D eigenvalue weighted by atomic mass is 9.89. The molecule has 1 amide bonds. The van der Waals surface area contributed by atoms with Crippen molar-refractivity contribution >= 4 is 16.8 Å². The zero-order valence-corrected chi connectivity index (χ0v) is 14.0. The van der Waals surface area contributed by atoms with Crippen molar-refractivity contribution in [2.45, 2.75) is 43.9 Å². The van der Waals surface area contributed by atoms with Gasteiger partial charge in [-0.15, -0.1) is 0 Å². The average Bonchev–Trinajstić information content (AvgIpc) is 2.91. The van der Waals surface area contributed by atoms with Gasteiger partial charge in [0.05, 0.1) is 31.8 Å². The fourth-order valence-electron chi connectivity index (χ4n) is 4.02. The predicted octanol–water partition coefficient (Wildman–Crippen LogP) is 2.17. The first-order valence-corrected chi connectivity index (χ1v) is 8.76. The van der Waals surface area contributed by atoms with E-state index >= 15 is 0 Å². The molecule has 0 bridgehead atoms. The number of carbonyl (C=O) groups excluding carboxylic acids is 1. The Bertz CT molecular complexity index is 739. The molecule has 1 N–H and O–H groups in total. The summed E-state index contributed by atoms with van der Waals surface area (Å²) in [7, 11) is 2.02. The minimum Gasteiger partial charge on any atom is -0.373 e. The summed E-state index contributed by atoms with van der Waals surface area (Å²) < 4.78 is 13.6. The van der Waals surface area contributed by atoms with Crippen molar-refractivity contribution in [3.05, 3.63) is 36.0 Å². The van der Waals surface area contributed by atoms with E-state index in [2.05, 4.69) is 28.2 Å². The van der Waals surface area contributed by atoms with E-state index in [0.717, 1.165) is 35.7 Å². The minimum atomic E-state index is 0.0894. The Labute approximate surface area is 141 Å². The smallest absolute Gasteiger partial charge is 0.224 e. The molecule has 2 aliphatic rings. The van der Waals surface area contributed by atoms with Gasteiger partial charge in [0.1, 0.15) is 0 Å². The predicted molar refractivity (Wildman–Crippen MR) is 91.9 cm³/mol. The lowest BCUT2D eigenvalue weighted by Crippen LogP contribution is -2.49. The zero-order chi connectivity index (χ0) is 16.5. The van der Waals surface area contributed by atoms with E-state index < -0.39 is 0 Å². The minimum absolute atomic E-state index is 0.0894. The van der Waals surface area contributed by atoms with Gasteiger partial charge in [0.2, 0.25) is 5.91 Å². The second-order valence-electron chi connectivity index (χ2n) is 6.86. The van der Waals surface area contributed by atoms with Crippen molar-refractivity contribution in [3.8, 4) is 0 Å². The Morgan fingerprint density at radius 3 is 2.88 bits per heavy atom. The molecular formula is C19H24N2O3. The molecule has 3 atom stereocenters.